The van der Waals surface area contributed by atoms with Crippen LogP contribution in [0.25, 0.3) is 0 Å². The van der Waals surface area contributed by atoms with Gasteiger partial charge in [0.05, 0.1) is 0 Å². The van der Waals surface area contributed by atoms with Crippen LogP contribution in [0.3, 0.4) is 0 Å². The van der Waals surface area contributed by atoms with Crippen LogP contribution in [0.15, 0.2) is 24.3 Å². The Bertz CT molecular complexity index is 362. The molecule has 0 saturated carbocycles. The Morgan fingerprint density at radius 2 is 1.94 bits per heavy atom. The minimum Gasteiger partial charge on any atom is -0.485 e. The van der Waals surface area contributed by atoms with Gasteiger partial charge in [0.2, 0.25) is 6.29 Å². The molecule has 0 N–H and O–H groups in total. The summed E-state index contributed by atoms with van der Waals surface area (Å²) in [5.74, 6) is 0.841. The molecular weight excluding hydrogens is 208 g/mol. The molecule has 2 bridgehead atoms. The molecule has 2 fully saturated rings. The zero-order chi connectivity index (χ0) is 11.0. The molecule has 0 aromatic heterocycles. The van der Waals surface area contributed by atoms with E-state index in [0.717, 1.165) is 18.6 Å². The first-order valence-electron chi connectivity index (χ1n) is 5.52. The van der Waals surface area contributed by atoms with Crippen molar-refractivity contribution in [3.63, 3.8) is 0 Å². The van der Waals surface area contributed by atoms with E-state index < -0.39 is 0 Å². The van der Waals surface area contributed by atoms with E-state index in [1.165, 1.54) is 5.56 Å². The lowest BCUT2D eigenvalue weighted by molar-refractivity contribution is -0.297. The third-order valence-corrected chi connectivity index (χ3v) is 2.84. The Labute approximate surface area is 94.0 Å². The molecule has 2 aliphatic rings. The van der Waals surface area contributed by atoms with Crippen LogP contribution >= 0.6 is 0 Å². The number of rotatable bonds is 2. The predicted octanol–water partition coefficient (Wildman–Crippen LogP) is 2.17. The molecule has 2 saturated heterocycles. The van der Waals surface area contributed by atoms with Crippen molar-refractivity contribution < 1.29 is 19.2 Å². The number of benzene rings is 1. The van der Waals surface area contributed by atoms with E-state index in [1.807, 2.05) is 31.2 Å². The average molecular weight is 222 g/mol. The van der Waals surface area contributed by atoms with E-state index >= 15 is 0 Å². The highest BCUT2D eigenvalue weighted by molar-refractivity contribution is 5.26. The molecule has 2 heterocycles. The van der Waals surface area contributed by atoms with Crippen LogP contribution in [0.4, 0.5) is 0 Å². The van der Waals surface area contributed by atoms with Crippen molar-refractivity contribution in [1.29, 1.82) is 0 Å². The lowest BCUT2D eigenvalue weighted by Gasteiger charge is -2.25. The molecule has 1 aromatic rings. The summed E-state index contributed by atoms with van der Waals surface area (Å²) < 4.78 is 11.2. The van der Waals surface area contributed by atoms with Crippen molar-refractivity contribution in [3.05, 3.63) is 29.8 Å². The summed E-state index contributed by atoms with van der Waals surface area (Å²) in [6.07, 6.45) is 1.03. The fourth-order valence-electron chi connectivity index (χ4n) is 1.92. The molecule has 3 rings (SSSR count). The third-order valence-electron chi connectivity index (χ3n) is 2.84. The molecule has 0 spiro atoms. The molecule has 0 aliphatic carbocycles. The Hall–Kier alpha value is -1.10. The van der Waals surface area contributed by atoms with Crippen molar-refractivity contribution in [2.24, 2.45) is 0 Å². The highest BCUT2D eigenvalue weighted by Gasteiger charge is 2.41. The van der Waals surface area contributed by atoms with Crippen molar-refractivity contribution in [1.82, 2.24) is 0 Å². The van der Waals surface area contributed by atoms with Crippen LogP contribution in [0.1, 0.15) is 18.4 Å². The molecule has 86 valence electrons. The predicted molar refractivity (Wildman–Crippen MR) is 55.7 cm³/mol. The van der Waals surface area contributed by atoms with Crippen LogP contribution in [0.5, 0.6) is 5.75 Å². The Morgan fingerprint density at radius 3 is 2.75 bits per heavy atom. The molecule has 2 aliphatic heterocycles. The van der Waals surface area contributed by atoms with Crippen molar-refractivity contribution in [2.45, 2.75) is 38.4 Å². The van der Waals surface area contributed by atoms with E-state index in [2.05, 4.69) is 0 Å². The maximum absolute atomic E-state index is 5.81. The molecule has 0 unspecified atom stereocenters. The molecule has 1 aromatic carbocycles. The molecule has 4 nitrogen and oxygen atoms in total. The highest BCUT2D eigenvalue weighted by Crippen LogP contribution is 2.31. The molecule has 0 radical (unpaired) electrons. The van der Waals surface area contributed by atoms with Gasteiger partial charge in [-0.15, -0.1) is 0 Å². The first-order valence-corrected chi connectivity index (χ1v) is 5.52. The fraction of sp³-hybridized carbons (Fsp3) is 0.500. The van der Waals surface area contributed by atoms with E-state index in [4.69, 9.17) is 19.2 Å². The number of ether oxygens (including phenoxy) is 2. The SMILES string of the molecule is Cc1ccc(O[C@@H]2CC[C@H]3OO[C@@H]2O3)cc1. The van der Waals surface area contributed by atoms with Gasteiger partial charge in [0.15, 0.2) is 12.4 Å². The van der Waals surface area contributed by atoms with Gasteiger partial charge in [0.25, 0.3) is 0 Å². The maximum atomic E-state index is 5.81. The van der Waals surface area contributed by atoms with E-state index in [1.54, 1.807) is 0 Å². The first kappa shape index (κ1) is 10.1. The zero-order valence-corrected chi connectivity index (χ0v) is 9.09. The van der Waals surface area contributed by atoms with Gasteiger partial charge in [-0.2, -0.15) is 4.89 Å². The fourth-order valence-corrected chi connectivity index (χ4v) is 1.92. The van der Waals surface area contributed by atoms with E-state index in [-0.39, 0.29) is 18.7 Å². The van der Waals surface area contributed by atoms with Gasteiger partial charge in [-0.3, -0.25) is 0 Å². The lowest BCUT2D eigenvalue weighted by atomic mass is 10.1. The van der Waals surface area contributed by atoms with Crippen molar-refractivity contribution >= 4 is 0 Å². The topological polar surface area (TPSA) is 36.9 Å². The second-order valence-electron chi connectivity index (χ2n) is 4.17. The van der Waals surface area contributed by atoms with E-state index in [9.17, 15) is 0 Å². The normalized spacial score (nSPS) is 32.7. The monoisotopic (exact) mass is 222 g/mol. The van der Waals surface area contributed by atoms with Crippen molar-refractivity contribution in [3.8, 4) is 5.75 Å². The standard InChI is InChI=1S/C12H14O4/c1-8-2-4-9(5-3-8)13-10-6-7-11-14-12(10)16-15-11/h2-5,10-12H,6-7H2,1H3/t10-,11-,12+/m1/s1. The Morgan fingerprint density at radius 1 is 1.12 bits per heavy atom. The summed E-state index contributed by atoms with van der Waals surface area (Å²) in [5, 5.41) is 0. The second-order valence-corrected chi connectivity index (χ2v) is 4.17. The van der Waals surface area contributed by atoms with Gasteiger partial charge < -0.3 is 9.47 Å². The minimum absolute atomic E-state index is 0.0820. The zero-order valence-electron chi connectivity index (χ0n) is 9.09. The summed E-state index contributed by atoms with van der Waals surface area (Å²) in [7, 11) is 0. The summed E-state index contributed by atoms with van der Waals surface area (Å²) in [6, 6.07) is 7.95. The van der Waals surface area contributed by atoms with Gasteiger partial charge in [0.1, 0.15) is 5.75 Å². The number of fused-ring (bicyclic) bond motifs is 2. The molecule has 4 heteroatoms. The molecule has 0 amide bonds. The Balaban J connectivity index is 1.68. The van der Waals surface area contributed by atoms with Crippen LogP contribution in [-0.4, -0.2) is 18.7 Å². The largest absolute Gasteiger partial charge is 0.485 e. The summed E-state index contributed by atoms with van der Waals surface area (Å²) in [4.78, 5) is 10.00. The lowest BCUT2D eigenvalue weighted by Crippen LogP contribution is -2.37. The smallest absolute Gasteiger partial charge is 0.230 e. The van der Waals surface area contributed by atoms with Crippen LogP contribution < -0.4 is 4.74 Å². The van der Waals surface area contributed by atoms with Crippen LogP contribution in [-0.2, 0) is 14.5 Å². The second kappa shape index (κ2) is 4.05. The summed E-state index contributed by atoms with van der Waals surface area (Å²) >= 11 is 0. The molecule has 3 atom stereocenters. The van der Waals surface area contributed by atoms with Gasteiger partial charge in [-0.05, 0) is 25.5 Å². The van der Waals surface area contributed by atoms with E-state index in [0.29, 0.717) is 0 Å². The minimum atomic E-state index is -0.389. The number of hydrogen-bond donors (Lipinski definition) is 0. The first-order chi connectivity index (χ1) is 7.81. The molecular formula is C12H14O4. The summed E-state index contributed by atoms with van der Waals surface area (Å²) in [6.45, 7) is 2.05. The van der Waals surface area contributed by atoms with Gasteiger partial charge in [-0.25, -0.2) is 4.89 Å². The number of hydrogen-bond acceptors (Lipinski definition) is 4. The number of aryl methyl sites for hydroxylation is 1. The van der Waals surface area contributed by atoms with Crippen LogP contribution in [0.2, 0.25) is 0 Å². The van der Waals surface area contributed by atoms with Crippen molar-refractivity contribution in [2.75, 3.05) is 0 Å². The van der Waals surface area contributed by atoms with Gasteiger partial charge in [0, 0.05) is 6.42 Å². The highest BCUT2D eigenvalue weighted by atomic mass is 17.3. The maximum Gasteiger partial charge on any atom is 0.230 e. The Kier molecular flexibility index (Phi) is 2.55. The summed E-state index contributed by atoms with van der Waals surface area (Å²) in [5.41, 5.74) is 1.22. The molecule has 16 heavy (non-hydrogen) atoms. The van der Waals surface area contributed by atoms with Crippen LogP contribution in [0, 0.1) is 6.92 Å². The average Bonchev–Trinajstić information content (AvgIpc) is 2.69. The third kappa shape index (κ3) is 1.91. The van der Waals surface area contributed by atoms with Gasteiger partial charge in [-0.1, -0.05) is 17.7 Å². The van der Waals surface area contributed by atoms with Gasteiger partial charge >= 0.3 is 0 Å². The quantitative estimate of drug-likeness (QED) is 0.718.